The van der Waals surface area contributed by atoms with E-state index in [0.717, 1.165) is 25.2 Å². The Morgan fingerprint density at radius 1 is 1.32 bits per heavy atom. The van der Waals surface area contributed by atoms with Crippen molar-refractivity contribution in [3.63, 3.8) is 0 Å². The highest BCUT2D eigenvalue weighted by molar-refractivity contribution is 5.78. The molecule has 3 heteroatoms. The van der Waals surface area contributed by atoms with Gasteiger partial charge in [-0.1, -0.05) is 19.1 Å². The first-order valence-electron chi connectivity index (χ1n) is 7.15. The van der Waals surface area contributed by atoms with E-state index in [-0.39, 0.29) is 0 Å². The third-order valence-electron chi connectivity index (χ3n) is 3.84. The lowest BCUT2D eigenvalue weighted by atomic mass is 10.1. The number of nitrogens with zero attached hydrogens (tertiary/aromatic N) is 2. The number of hydrogen-bond acceptors (Lipinski definition) is 3. The summed E-state index contributed by atoms with van der Waals surface area (Å²) in [7, 11) is 0. The summed E-state index contributed by atoms with van der Waals surface area (Å²) in [5, 5.41) is 4.60. The van der Waals surface area contributed by atoms with E-state index >= 15 is 0 Å². The number of fused-ring (bicyclic) bond motifs is 1. The highest BCUT2D eigenvalue weighted by atomic mass is 15.2. The molecule has 0 unspecified atom stereocenters. The van der Waals surface area contributed by atoms with Crippen LogP contribution in [0.25, 0.3) is 10.9 Å². The monoisotopic (exact) mass is 255 g/mol. The van der Waals surface area contributed by atoms with Gasteiger partial charge < -0.3 is 5.32 Å². The molecule has 3 rings (SSSR count). The summed E-state index contributed by atoms with van der Waals surface area (Å²) in [5.74, 6) is 0. The number of rotatable bonds is 5. The number of hydrogen-bond donors (Lipinski definition) is 1. The van der Waals surface area contributed by atoms with Crippen molar-refractivity contribution in [1.29, 1.82) is 0 Å². The van der Waals surface area contributed by atoms with Crippen molar-refractivity contribution in [1.82, 2.24) is 15.2 Å². The van der Waals surface area contributed by atoms with Crippen LogP contribution < -0.4 is 5.32 Å². The van der Waals surface area contributed by atoms with Crippen molar-refractivity contribution >= 4 is 10.9 Å². The molecule has 1 saturated heterocycles. The predicted molar refractivity (Wildman–Crippen MR) is 79.1 cm³/mol. The number of pyridine rings is 1. The quantitative estimate of drug-likeness (QED) is 0.889. The van der Waals surface area contributed by atoms with Gasteiger partial charge in [0.05, 0.1) is 5.52 Å². The highest BCUT2D eigenvalue weighted by Gasteiger charge is 2.23. The Morgan fingerprint density at radius 2 is 2.21 bits per heavy atom. The predicted octanol–water partition coefficient (Wildman–Crippen LogP) is 2.42. The van der Waals surface area contributed by atoms with Crippen LogP contribution in [-0.2, 0) is 6.54 Å². The molecular formula is C16H21N3. The molecule has 2 aromatic rings. The summed E-state index contributed by atoms with van der Waals surface area (Å²) < 4.78 is 0. The maximum absolute atomic E-state index is 4.38. The van der Waals surface area contributed by atoms with E-state index in [4.69, 9.17) is 0 Å². The van der Waals surface area contributed by atoms with E-state index in [1.807, 2.05) is 12.3 Å². The molecule has 1 aliphatic heterocycles. The second-order valence-corrected chi connectivity index (χ2v) is 5.31. The molecule has 0 atom stereocenters. The van der Waals surface area contributed by atoms with E-state index in [2.05, 4.69) is 46.4 Å². The Bertz CT molecular complexity index is 548. The second kappa shape index (κ2) is 5.68. The smallest absolute Gasteiger partial charge is 0.0702 e. The lowest BCUT2D eigenvalue weighted by Crippen LogP contribution is -2.56. The summed E-state index contributed by atoms with van der Waals surface area (Å²) in [6.45, 7) is 6.75. The Morgan fingerprint density at radius 3 is 2.95 bits per heavy atom. The molecule has 1 N–H and O–H groups in total. The topological polar surface area (TPSA) is 28.2 Å². The van der Waals surface area contributed by atoms with Gasteiger partial charge in [-0.2, -0.15) is 0 Å². The van der Waals surface area contributed by atoms with Gasteiger partial charge in [-0.05, 0) is 36.7 Å². The van der Waals surface area contributed by atoms with Crippen molar-refractivity contribution < 1.29 is 0 Å². The van der Waals surface area contributed by atoms with E-state index in [1.54, 1.807) is 0 Å². The van der Waals surface area contributed by atoms with Gasteiger partial charge in [0.15, 0.2) is 0 Å². The summed E-state index contributed by atoms with van der Waals surface area (Å²) in [6, 6.07) is 11.5. The van der Waals surface area contributed by atoms with Crippen molar-refractivity contribution in [2.45, 2.75) is 25.9 Å². The summed E-state index contributed by atoms with van der Waals surface area (Å²) >= 11 is 0. The van der Waals surface area contributed by atoms with Crippen LogP contribution in [0.2, 0.25) is 0 Å². The van der Waals surface area contributed by atoms with Gasteiger partial charge in [-0.25, -0.2) is 0 Å². The molecule has 1 fully saturated rings. The molecular weight excluding hydrogens is 234 g/mol. The number of nitrogens with one attached hydrogen (secondary N) is 1. The molecule has 0 radical (unpaired) electrons. The van der Waals surface area contributed by atoms with Crippen LogP contribution in [0.15, 0.2) is 36.5 Å². The van der Waals surface area contributed by atoms with Crippen LogP contribution >= 0.6 is 0 Å². The molecule has 0 saturated carbocycles. The summed E-state index contributed by atoms with van der Waals surface area (Å²) in [4.78, 5) is 6.97. The molecule has 1 aliphatic rings. The fraction of sp³-hybridized carbons (Fsp3) is 0.438. The van der Waals surface area contributed by atoms with E-state index in [0.29, 0.717) is 6.04 Å². The first kappa shape index (κ1) is 12.6. The Labute approximate surface area is 114 Å². The van der Waals surface area contributed by atoms with Crippen molar-refractivity contribution in [3.8, 4) is 0 Å². The molecule has 0 amide bonds. The Balaban J connectivity index is 1.78. The zero-order chi connectivity index (χ0) is 13.1. The Kier molecular flexibility index (Phi) is 3.76. The average Bonchev–Trinajstić information content (AvgIpc) is 2.37. The third kappa shape index (κ3) is 2.77. The first-order valence-corrected chi connectivity index (χ1v) is 7.15. The third-order valence-corrected chi connectivity index (χ3v) is 3.84. The van der Waals surface area contributed by atoms with Gasteiger partial charge in [0, 0.05) is 37.3 Å². The van der Waals surface area contributed by atoms with Crippen molar-refractivity contribution in [3.05, 3.63) is 42.1 Å². The Hall–Kier alpha value is -1.45. The highest BCUT2D eigenvalue weighted by Crippen LogP contribution is 2.17. The van der Waals surface area contributed by atoms with Gasteiger partial charge in [0.25, 0.3) is 0 Å². The minimum atomic E-state index is 0.713. The molecule has 0 aliphatic carbocycles. The minimum Gasteiger partial charge on any atom is -0.314 e. The first-order chi connectivity index (χ1) is 9.36. The normalized spacial score (nSPS) is 15.9. The molecule has 0 spiro atoms. The fourth-order valence-corrected chi connectivity index (χ4v) is 2.67. The van der Waals surface area contributed by atoms with Crippen LogP contribution in [0, 0.1) is 0 Å². The standard InChI is InChI=1S/C16H21N3/c1-2-8-19(15-10-17-11-15)12-13-5-6-16-14(9-13)4-3-7-18-16/h3-7,9,15,17H,2,8,10-12H2,1H3. The molecule has 2 heterocycles. The largest absolute Gasteiger partial charge is 0.314 e. The van der Waals surface area contributed by atoms with E-state index in [1.165, 1.54) is 23.9 Å². The maximum atomic E-state index is 4.38. The van der Waals surface area contributed by atoms with E-state index in [9.17, 15) is 0 Å². The SMILES string of the molecule is CCCN(Cc1ccc2ncccc2c1)C1CNC1. The van der Waals surface area contributed by atoms with E-state index < -0.39 is 0 Å². The van der Waals surface area contributed by atoms with Gasteiger partial charge >= 0.3 is 0 Å². The minimum absolute atomic E-state index is 0.713. The average molecular weight is 255 g/mol. The zero-order valence-electron chi connectivity index (χ0n) is 11.5. The molecule has 100 valence electrons. The summed E-state index contributed by atoms with van der Waals surface area (Å²) in [6.07, 6.45) is 3.07. The summed E-state index contributed by atoms with van der Waals surface area (Å²) in [5.41, 5.74) is 2.47. The van der Waals surface area contributed by atoms with Crippen LogP contribution in [0.3, 0.4) is 0 Å². The molecule has 19 heavy (non-hydrogen) atoms. The molecule has 0 bridgehead atoms. The maximum Gasteiger partial charge on any atom is 0.0702 e. The van der Waals surface area contributed by atoms with Crippen LogP contribution in [-0.4, -0.2) is 35.6 Å². The van der Waals surface area contributed by atoms with Gasteiger partial charge in [0.1, 0.15) is 0 Å². The lowest BCUT2D eigenvalue weighted by molar-refractivity contribution is 0.138. The number of aromatic nitrogens is 1. The molecule has 1 aromatic carbocycles. The second-order valence-electron chi connectivity index (χ2n) is 5.31. The van der Waals surface area contributed by atoms with Gasteiger partial charge in [-0.3, -0.25) is 9.88 Å². The zero-order valence-corrected chi connectivity index (χ0v) is 11.5. The van der Waals surface area contributed by atoms with Crippen LogP contribution in [0.4, 0.5) is 0 Å². The van der Waals surface area contributed by atoms with Crippen molar-refractivity contribution in [2.24, 2.45) is 0 Å². The van der Waals surface area contributed by atoms with Crippen LogP contribution in [0.1, 0.15) is 18.9 Å². The number of benzene rings is 1. The lowest BCUT2D eigenvalue weighted by Gasteiger charge is -2.38. The van der Waals surface area contributed by atoms with Crippen molar-refractivity contribution in [2.75, 3.05) is 19.6 Å². The fourth-order valence-electron chi connectivity index (χ4n) is 2.67. The van der Waals surface area contributed by atoms with Gasteiger partial charge in [0.2, 0.25) is 0 Å². The molecule has 3 nitrogen and oxygen atoms in total. The van der Waals surface area contributed by atoms with Crippen LogP contribution in [0.5, 0.6) is 0 Å². The van der Waals surface area contributed by atoms with Gasteiger partial charge in [-0.15, -0.1) is 0 Å². The molecule has 1 aromatic heterocycles.